The highest BCUT2D eigenvalue weighted by Crippen LogP contribution is 2.20. The minimum atomic E-state index is 0.489. The summed E-state index contributed by atoms with van der Waals surface area (Å²) in [6.45, 7) is 9.35. The van der Waals surface area contributed by atoms with Crippen molar-refractivity contribution in [3.63, 3.8) is 0 Å². The number of allylic oxidation sites excluding steroid dienone is 1. The maximum atomic E-state index is 5.09. The number of rotatable bonds is 7. The number of aromatic nitrogens is 3. The van der Waals surface area contributed by atoms with Crippen LogP contribution in [0.4, 0.5) is 0 Å². The lowest BCUT2D eigenvalue weighted by Gasteiger charge is -2.07. The first kappa shape index (κ1) is 13.3. The van der Waals surface area contributed by atoms with Crippen molar-refractivity contribution < 1.29 is 4.74 Å². The Morgan fingerprint density at radius 3 is 2.81 bits per heavy atom. The van der Waals surface area contributed by atoms with Gasteiger partial charge in [-0.15, -0.1) is 16.8 Å². The van der Waals surface area contributed by atoms with Gasteiger partial charge in [-0.3, -0.25) is 0 Å². The second kappa shape index (κ2) is 6.70. The van der Waals surface area contributed by atoms with Gasteiger partial charge in [-0.05, 0) is 5.92 Å². The van der Waals surface area contributed by atoms with E-state index in [1.54, 1.807) is 18.9 Å². The lowest BCUT2D eigenvalue weighted by molar-refractivity contribution is 0.174. The van der Waals surface area contributed by atoms with Crippen LogP contribution in [0.25, 0.3) is 0 Å². The number of hydrogen-bond acceptors (Lipinski definition) is 4. The van der Waals surface area contributed by atoms with Gasteiger partial charge in [-0.1, -0.05) is 31.7 Å². The van der Waals surface area contributed by atoms with Crippen LogP contribution in [-0.4, -0.2) is 27.6 Å². The SMILES string of the molecule is C=CCn1c(COC)nnc1SCC(C)C. The molecule has 0 spiro atoms. The lowest BCUT2D eigenvalue weighted by Crippen LogP contribution is -2.05. The Morgan fingerprint density at radius 1 is 1.50 bits per heavy atom. The van der Waals surface area contributed by atoms with Crippen LogP contribution in [0.2, 0.25) is 0 Å². The second-order valence-electron chi connectivity index (χ2n) is 3.94. The Labute approximate surface area is 101 Å². The van der Waals surface area contributed by atoms with Gasteiger partial charge in [-0.2, -0.15) is 0 Å². The quantitative estimate of drug-likeness (QED) is 0.543. The van der Waals surface area contributed by atoms with Crippen LogP contribution in [0.15, 0.2) is 17.8 Å². The molecule has 1 aromatic heterocycles. The molecule has 0 bridgehead atoms. The number of thioether (sulfide) groups is 1. The molecule has 0 unspecified atom stereocenters. The van der Waals surface area contributed by atoms with Gasteiger partial charge in [-0.25, -0.2) is 0 Å². The Hall–Kier alpha value is -0.810. The Bertz CT molecular complexity index is 336. The molecular weight excluding hydrogens is 222 g/mol. The Morgan fingerprint density at radius 2 is 2.25 bits per heavy atom. The minimum absolute atomic E-state index is 0.489. The van der Waals surface area contributed by atoms with Crippen molar-refractivity contribution in [1.82, 2.24) is 14.8 Å². The monoisotopic (exact) mass is 241 g/mol. The normalized spacial score (nSPS) is 11.0. The molecular formula is C11H19N3OS. The zero-order valence-corrected chi connectivity index (χ0v) is 11.0. The van der Waals surface area contributed by atoms with E-state index in [9.17, 15) is 0 Å². The van der Waals surface area contributed by atoms with Gasteiger partial charge < -0.3 is 9.30 Å². The third-order valence-electron chi connectivity index (χ3n) is 1.92. The highest BCUT2D eigenvalue weighted by molar-refractivity contribution is 7.99. The van der Waals surface area contributed by atoms with Crippen molar-refractivity contribution in [2.75, 3.05) is 12.9 Å². The molecule has 0 aliphatic rings. The van der Waals surface area contributed by atoms with Crippen molar-refractivity contribution >= 4 is 11.8 Å². The standard InChI is InChI=1S/C11H19N3OS/c1-5-6-14-10(7-15-4)12-13-11(14)16-8-9(2)3/h5,9H,1,6-8H2,2-4H3. The molecule has 1 heterocycles. The topological polar surface area (TPSA) is 39.9 Å². The minimum Gasteiger partial charge on any atom is -0.377 e. The van der Waals surface area contributed by atoms with E-state index in [4.69, 9.17) is 4.74 Å². The molecule has 0 fully saturated rings. The summed E-state index contributed by atoms with van der Waals surface area (Å²) in [6.07, 6.45) is 1.85. The fraction of sp³-hybridized carbons (Fsp3) is 0.636. The van der Waals surface area contributed by atoms with Gasteiger partial charge in [0.05, 0.1) is 0 Å². The van der Waals surface area contributed by atoms with Crippen LogP contribution in [0.5, 0.6) is 0 Å². The number of nitrogens with zero attached hydrogens (tertiary/aromatic N) is 3. The number of methoxy groups -OCH3 is 1. The summed E-state index contributed by atoms with van der Waals surface area (Å²) in [5, 5.41) is 9.24. The van der Waals surface area contributed by atoms with E-state index in [-0.39, 0.29) is 0 Å². The van der Waals surface area contributed by atoms with Crippen molar-refractivity contribution in [2.24, 2.45) is 5.92 Å². The summed E-state index contributed by atoms with van der Waals surface area (Å²) in [5.41, 5.74) is 0. The van der Waals surface area contributed by atoms with E-state index in [1.165, 1.54) is 0 Å². The summed E-state index contributed by atoms with van der Waals surface area (Å²) in [5.74, 6) is 2.54. The summed E-state index contributed by atoms with van der Waals surface area (Å²) >= 11 is 1.73. The zero-order valence-electron chi connectivity index (χ0n) is 10.1. The largest absolute Gasteiger partial charge is 0.377 e. The van der Waals surface area contributed by atoms with E-state index in [0.717, 1.165) is 23.3 Å². The van der Waals surface area contributed by atoms with Gasteiger partial charge in [0.1, 0.15) is 6.61 Å². The van der Waals surface area contributed by atoms with Crippen molar-refractivity contribution in [2.45, 2.75) is 32.2 Å². The van der Waals surface area contributed by atoms with Crippen molar-refractivity contribution in [3.8, 4) is 0 Å². The third-order valence-corrected chi connectivity index (χ3v) is 3.32. The smallest absolute Gasteiger partial charge is 0.191 e. The van der Waals surface area contributed by atoms with Gasteiger partial charge >= 0.3 is 0 Å². The molecule has 0 radical (unpaired) electrons. The van der Waals surface area contributed by atoms with Crippen LogP contribution >= 0.6 is 11.8 Å². The number of hydrogen-bond donors (Lipinski definition) is 0. The zero-order chi connectivity index (χ0) is 12.0. The molecule has 90 valence electrons. The van der Waals surface area contributed by atoms with E-state index in [2.05, 4.69) is 30.6 Å². The maximum Gasteiger partial charge on any atom is 0.191 e. The Balaban J connectivity index is 2.77. The summed E-state index contributed by atoms with van der Waals surface area (Å²) in [6, 6.07) is 0. The fourth-order valence-electron chi connectivity index (χ4n) is 1.22. The second-order valence-corrected chi connectivity index (χ2v) is 4.92. The summed E-state index contributed by atoms with van der Waals surface area (Å²) in [7, 11) is 1.66. The number of ether oxygens (including phenoxy) is 1. The first-order valence-electron chi connectivity index (χ1n) is 5.33. The van der Waals surface area contributed by atoms with E-state index in [0.29, 0.717) is 12.5 Å². The average molecular weight is 241 g/mol. The molecule has 1 rings (SSSR count). The molecule has 0 saturated carbocycles. The van der Waals surface area contributed by atoms with Crippen LogP contribution < -0.4 is 0 Å². The first-order valence-corrected chi connectivity index (χ1v) is 6.32. The van der Waals surface area contributed by atoms with Crippen molar-refractivity contribution in [3.05, 3.63) is 18.5 Å². The Kier molecular flexibility index (Phi) is 5.55. The van der Waals surface area contributed by atoms with Gasteiger partial charge in [0.2, 0.25) is 0 Å². The molecule has 0 aliphatic heterocycles. The molecule has 1 aromatic rings. The predicted molar refractivity (Wildman–Crippen MR) is 66.5 cm³/mol. The summed E-state index contributed by atoms with van der Waals surface area (Å²) < 4.78 is 7.13. The molecule has 4 nitrogen and oxygen atoms in total. The lowest BCUT2D eigenvalue weighted by atomic mass is 10.3. The van der Waals surface area contributed by atoms with Gasteiger partial charge in [0, 0.05) is 19.4 Å². The van der Waals surface area contributed by atoms with Crippen LogP contribution in [0.3, 0.4) is 0 Å². The molecule has 16 heavy (non-hydrogen) atoms. The molecule has 5 heteroatoms. The van der Waals surface area contributed by atoms with Gasteiger partial charge in [0.15, 0.2) is 11.0 Å². The predicted octanol–water partition coefficient (Wildman–Crippen LogP) is 2.36. The van der Waals surface area contributed by atoms with E-state index < -0.39 is 0 Å². The van der Waals surface area contributed by atoms with Gasteiger partial charge in [0.25, 0.3) is 0 Å². The van der Waals surface area contributed by atoms with E-state index in [1.807, 2.05) is 10.6 Å². The molecule has 0 aromatic carbocycles. The molecule has 0 saturated heterocycles. The van der Waals surface area contributed by atoms with Crippen LogP contribution in [0.1, 0.15) is 19.7 Å². The van der Waals surface area contributed by atoms with Crippen molar-refractivity contribution in [1.29, 1.82) is 0 Å². The highest BCUT2D eigenvalue weighted by Gasteiger charge is 2.11. The molecule has 0 aliphatic carbocycles. The fourth-order valence-corrected chi connectivity index (χ4v) is 2.13. The van der Waals surface area contributed by atoms with E-state index >= 15 is 0 Å². The van der Waals surface area contributed by atoms with Crippen LogP contribution in [-0.2, 0) is 17.9 Å². The first-order chi connectivity index (χ1) is 7.69. The van der Waals surface area contributed by atoms with Crippen LogP contribution in [0, 0.1) is 5.92 Å². The highest BCUT2D eigenvalue weighted by atomic mass is 32.2. The summed E-state index contributed by atoms with van der Waals surface area (Å²) in [4.78, 5) is 0. The molecule has 0 N–H and O–H groups in total. The molecule has 0 atom stereocenters. The third kappa shape index (κ3) is 3.64. The maximum absolute atomic E-state index is 5.09. The average Bonchev–Trinajstić information content (AvgIpc) is 2.60. The molecule has 0 amide bonds.